The highest BCUT2D eigenvalue weighted by Crippen LogP contribution is 2.29. The molecular formula is C18H19FN4O2. The molecule has 25 heavy (non-hydrogen) atoms. The smallest absolute Gasteiger partial charge is 0.252 e. The van der Waals surface area contributed by atoms with Crippen molar-refractivity contribution in [3.8, 4) is 6.07 Å². The van der Waals surface area contributed by atoms with E-state index in [0.717, 1.165) is 19.3 Å². The first-order valence-electron chi connectivity index (χ1n) is 8.41. The fraction of sp³-hybridized carbons (Fsp3) is 0.444. The summed E-state index contributed by atoms with van der Waals surface area (Å²) >= 11 is 0. The van der Waals surface area contributed by atoms with Crippen LogP contribution in [0.25, 0.3) is 0 Å². The van der Waals surface area contributed by atoms with Crippen molar-refractivity contribution in [2.45, 2.75) is 45.1 Å². The van der Waals surface area contributed by atoms with E-state index in [1.54, 1.807) is 6.07 Å². The van der Waals surface area contributed by atoms with Crippen LogP contribution in [0.2, 0.25) is 0 Å². The Bertz CT molecular complexity index is 812. The van der Waals surface area contributed by atoms with E-state index < -0.39 is 11.7 Å². The SMILES string of the molecule is CCc1nnc(C[C@@H]2CC[C@H](NC(=O)c3cccc(F)c3C#N)C2)o1. The van der Waals surface area contributed by atoms with E-state index in [4.69, 9.17) is 9.68 Å². The van der Waals surface area contributed by atoms with Crippen molar-refractivity contribution in [3.63, 3.8) is 0 Å². The average Bonchev–Trinajstić information content (AvgIpc) is 3.24. The summed E-state index contributed by atoms with van der Waals surface area (Å²) < 4.78 is 19.2. The molecule has 0 aliphatic heterocycles. The molecule has 7 heteroatoms. The number of amides is 1. The fourth-order valence-electron chi connectivity index (χ4n) is 3.24. The molecule has 2 atom stereocenters. The van der Waals surface area contributed by atoms with Crippen LogP contribution in [-0.2, 0) is 12.8 Å². The molecule has 0 radical (unpaired) electrons. The van der Waals surface area contributed by atoms with Gasteiger partial charge in [-0.1, -0.05) is 13.0 Å². The van der Waals surface area contributed by atoms with Crippen LogP contribution in [-0.4, -0.2) is 22.1 Å². The van der Waals surface area contributed by atoms with Crippen molar-refractivity contribution >= 4 is 5.91 Å². The summed E-state index contributed by atoms with van der Waals surface area (Å²) in [4.78, 5) is 12.4. The van der Waals surface area contributed by atoms with Gasteiger partial charge in [-0.15, -0.1) is 10.2 Å². The first-order valence-corrected chi connectivity index (χ1v) is 8.41. The number of nitrogens with one attached hydrogen (secondary N) is 1. The number of aryl methyl sites for hydroxylation is 1. The van der Waals surface area contributed by atoms with Crippen molar-refractivity contribution in [3.05, 3.63) is 46.9 Å². The highest BCUT2D eigenvalue weighted by atomic mass is 19.1. The lowest BCUT2D eigenvalue weighted by molar-refractivity contribution is 0.0936. The Hall–Kier alpha value is -2.75. The second-order valence-electron chi connectivity index (χ2n) is 6.27. The van der Waals surface area contributed by atoms with Crippen LogP contribution in [0, 0.1) is 23.1 Å². The molecule has 1 aliphatic carbocycles. The molecule has 1 saturated carbocycles. The molecule has 1 aromatic heterocycles. The maximum absolute atomic E-state index is 13.6. The first kappa shape index (κ1) is 17.1. The lowest BCUT2D eigenvalue weighted by Crippen LogP contribution is -2.33. The lowest BCUT2D eigenvalue weighted by Gasteiger charge is -2.13. The standard InChI is InChI=1S/C18H19FN4O2/c1-2-16-22-23-17(25-16)9-11-6-7-12(8-11)21-18(24)13-4-3-5-15(19)14(13)10-20/h3-5,11-12H,2,6-9H2,1H3,(H,21,24)/t11-,12+/m1/s1. The largest absolute Gasteiger partial charge is 0.425 e. The molecule has 0 saturated heterocycles. The molecular weight excluding hydrogens is 323 g/mol. The zero-order valence-corrected chi connectivity index (χ0v) is 14.0. The van der Waals surface area contributed by atoms with E-state index in [-0.39, 0.29) is 17.2 Å². The van der Waals surface area contributed by atoms with Gasteiger partial charge in [-0.2, -0.15) is 5.26 Å². The van der Waals surface area contributed by atoms with Crippen LogP contribution in [0.1, 0.15) is 53.9 Å². The van der Waals surface area contributed by atoms with Gasteiger partial charge in [0.2, 0.25) is 11.8 Å². The first-order chi connectivity index (χ1) is 12.1. The number of carbonyl (C=O) groups is 1. The Morgan fingerprint density at radius 1 is 1.40 bits per heavy atom. The Balaban J connectivity index is 1.59. The third kappa shape index (κ3) is 3.85. The van der Waals surface area contributed by atoms with E-state index in [1.165, 1.54) is 18.2 Å². The maximum atomic E-state index is 13.6. The van der Waals surface area contributed by atoms with Crippen LogP contribution in [0.3, 0.4) is 0 Å². The van der Waals surface area contributed by atoms with Crippen LogP contribution in [0.5, 0.6) is 0 Å². The van der Waals surface area contributed by atoms with Gasteiger partial charge in [0.05, 0.1) is 5.56 Å². The Kier molecular flexibility index (Phi) is 5.08. The summed E-state index contributed by atoms with van der Waals surface area (Å²) in [6.45, 7) is 1.96. The van der Waals surface area contributed by atoms with E-state index in [1.807, 2.05) is 6.92 Å². The van der Waals surface area contributed by atoms with Gasteiger partial charge in [-0.05, 0) is 37.3 Å². The summed E-state index contributed by atoms with van der Waals surface area (Å²) in [5.41, 5.74) is -0.136. The van der Waals surface area contributed by atoms with E-state index in [2.05, 4.69) is 15.5 Å². The summed E-state index contributed by atoms with van der Waals surface area (Å²) in [6, 6.07) is 5.83. The molecule has 1 amide bonds. The molecule has 0 spiro atoms. The molecule has 0 bridgehead atoms. The second kappa shape index (κ2) is 7.43. The zero-order valence-electron chi connectivity index (χ0n) is 14.0. The number of nitriles is 1. The number of hydrogen-bond acceptors (Lipinski definition) is 5. The topological polar surface area (TPSA) is 91.8 Å². The van der Waals surface area contributed by atoms with Gasteiger partial charge in [0.25, 0.3) is 5.91 Å². The van der Waals surface area contributed by atoms with E-state index >= 15 is 0 Å². The van der Waals surface area contributed by atoms with E-state index in [9.17, 15) is 9.18 Å². The van der Waals surface area contributed by atoms with E-state index in [0.29, 0.717) is 30.5 Å². The number of nitrogens with zero attached hydrogens (tertiary/aromatic N) is 3. The van der Waals surface area contributed by atoms with Crippen LogP contribution >= 0.6 is 0 Å². The number of halogens is 1. The molecule has 1 fully saturated rings. The summed E-state index contributed by atoms with van der Waals surface area (Å²) in [5.74, 6) is 0.535. The van der Waals surface area contributed by atoms with Crippen LogP contribution in [0.4, 0.5) is 4.39 Å². The summed E-state index contributed by atoms with van der Waals surface area (Å²) in [6.07, 6.45) is 3.99. The number of hydrogen-bond donors (Lipinski definition) is 1. The van der Waals surface area contributed by atoms with Crippen LogP contribution in [0.15, 0.2) is 22.6 Å². The third-order valence-electron chi connectivity index (χ3n) is 4.52. The molecule has 0 unspecified atom stereocenters. The van der Waals surface area contributed by atoms with Gasteiger partial charge in [0.1, 0.15) is 17.4 Å². The molecule has 2 aromatic rings. The summed E-state index contributed by atoms with van der Waals surface area (Å²) in [5, 5.41) is 19.9. The predicted octanol–water partition coefficient (Wildman–Crippen LogP) is 2.78. The second-order valence-corrected chi connectivity index (χ2v) is 6.27. The fourth-order valence-corrected chi connectivity index (χ4v) is 3.24. The minimum absolute atomic E-state index is 0.000812. The van der Waals surface area contributed by atoms with Crippen LogP contribution < -0.4 is 5.32 Å². The highest BCUT2D eigenvalue weighted by molar-refractivity contribution is 5.96. The average molecular weight is 342 g/mol. The molecule has 3 rings (SSSR count). The van der Waals surface area contributed by atoms with Crippen molar-refractivity contribution in [2.75, 3.05) is 0 Å². The highest BCUT2D eigenvalue weighted by Gasteiger charge is 2.28. The van der Waals surface area contributed by atoms with Crippen molar-refractivity contribution < 1.29 is 13.6 Å². The van der Waals surface area contributed by atoms with Gasteiger partial charge in [-0.3, -0.25) is 4.79 Å². The molecule has 130 valence electrons. The molecule has 1 aromatic carbocycles. The van der Waals surface area contributed by atoms with Crippen molar-refractivity contribution in [2.24, 2.45) is 5.92 Å². The van der Waals surface area contributed by atoms with Crippen molar-refractivity contribution in [1.82, 2.24) is 15.5 Å². The summed E-state index contributed by atoms with van der Waals surface area (Å²) in [7, 11) is 0. The molecule has 6 nitrogen and oxygen atoms in total. The number of benzene rings is 1. The zero-order chi connectivity index (χ0) is 17.8. The number of carbonyl (C=O) groups excluding carboxylic acids is 1. The normalized spacial score (nSPS) is 19.6. The van der Waals surface area contributed by atoms with Gasteiger partial charge in [0, 0.05) is 18.9 Å². The number of rotatable bonds is 5. The molecule has 1 heterocycles. The quantitative estimate of drug-likeness (QED) is 0.902. The minimum atomic E-state index is -0.678. The predicted molar refractivity (Wildman–Crippen MR) is 87.1 cm³/mol. The molecule has 1 aliphatic rings. The Labute approximate surface area is 145 Å². The van der Waals surface area contributed by atoms with Crippen molar-refractivity contribution in [1.29, 1.82) is 5.26 Å². The van der Waals surface area contributed by atoms with Gasteiger partial charge in [-0.25, -0.2) is 4.39 Å². The minimum Gasteiger partial charge on any atom is -0.425 e. The monoisotopic (exact) mass is 342 g/mol. The third-order valence-corrected chi connectivity index (χ3v) is 4.52. The number of aromatic nitrogens is 2. The Morgan fingerprint density at radius 2 is 2.20 bits per heavy atom. The Morgan fingerprint density at radius 3 is 2.92 bits per heavy atom. The van der Waals surface area contributed by atoms with Gasteiger partial charge < -0.3 is 9.73 Å². The van der Waals surface area contributed by atoms with Gasteiger partial charge in [0.15, 0.2) is 0 Å². The molecule has 1 N–H and O–H groups in total. The van der Waals surface area contributed by atoms with Gasteiger partial charge >= 0.3 is 0 Å². The lowest BCUT2D eigenvalue weighted by atomic mass is 10.0. The maximum Gasteiger partial charge on any atom is 0.252 e.